The summed E-state index contributed by atoms with van der Waals surface area (Å²) in [5.41, 5.74) is 2.58. The average Bonchev–Trinajstić information content (AvgIpc) is 3.01. The number of aromatic nitrogens is 2. The van der Waals surface area contributed by atoms with Crippen molar-refractivity contribution in [2.45, 2.75) is 32.7 Å². The summed E-state index contributed by atoms with van der Waals surface area (Å²) < 4.78 is 2.88. The molecular weight excluding hydrogens is 404 g/mol. The second kappa shape index (κ2) is 8.83. The molecule has 1 aromatic carbocycles. The van der Waals surface area contributed by atoms with E-state index in [1.807, 2.05) is 28.9 Å². The molecule has 1 amide bonds. The van der Waals surface area contributed by atoms with Crippen LogP contribution in [0.5, 0.6) is 0 Å². The van der Waals surface area contributed by atoms with Gasteiger partial charge in [0.25, 0.3) is 5.91 Å². The van der Waals surface area contributed by atoms with E-state index in [9.17, 15) is 4.79 Å². The van der Waals surface area contributed by atoms with Gasteiger partial charge in [0, 0.05) is 10.5 Å². The second-order valence-electron chi connectivity index (χ2n) is 6.30. The molecule has 2 atom stereocenters. The maximum atomic E-state index is 12.7. The van der Waals surface area contributed by atoms with Crippen LogP contribution in [0.15, 0.2) is 34.9 Å². The fourth-order valence-electron chi connectivity index (χ4n) is 3.18. The highest BCUT2D eigenvalue weighted by molar-refractivity contribution is 9.10. The van der Waals surface area contributed by atoms with E-state index in [1.54, 1.807) is 6.20 Å². The molecule has 2 N–H and O–H groups in total. The van der Waals surface area contributed by atoms with E-state index in [0.717, 1.165) is 41.8 Å². The first-order valence-electron chi connectivity index (χ1n) is 8.44. The number of nitrogens with one attached hydrogen (secondary N) is 2. The lowest BCUT2D eigenvalue weighted by Gasteiger charge is -2.30. The van der Waals surface area contributed by atoms with E-state index in [-0.39, 0.29) is 24.4 Å². The molecule has 1 aliphatic heterocycles. The van der Waals surface area contributed by atoms with E-state index < -0.39 is 0 Å². The summed E-state index contributed by atoms with van der Waals surface area (Å²) >= 11 is 3.44. The lowest BCUT2D eigenvalue weighted by atomic mass is 9.95. The third-order valence-corrected chi connectivity index (χ3v) is 5.15. The highest BCUT2D eigenvalue weighted by atomic mass is 79.9. The number of rotatable bonds is 4. The average molecular weight is 428 g/mol. The zero-order chi connectivity index (χ0) is 17.1. The van der Waals surface area contributed by atoms with Gasteiger partial charge in [-0.25, -0.2) is 4.68 Å². The zero-order valence-corrected chi connectivity index (χ0v) is 16.9. The molecule has 0 radical (unpaired) electrons. The van der Waals surface area contributed by atoms with Gasteiger partial charge < -0.3 is 10.6 Å². The Bertz CT molecular complexity index is 716. The minimum Gasteiger partial charge on any atom is -0.349 e. The summed E-state index contributed by atoms with van der Waals surface area (Å²) in [7, 11) is 0. The van der Waals surface area contributed by atoms with Crippen molar-refractivity contribution in [3.05, 3.63) is 46.2 Å². The van der Waals surface area contributed by atoms with E-state index in [4.69, 9.17) is 0 Å². The van der Waals surface area contributed by atoms with Gasteiger partial charge in [-0.2, -0.15) is 5.10 Å². The van der Waals surface area contributed by atoms with Crippen molar-refractivity contribution in [3.63, 3.8) is 0 Å². The highest BCUT2D eigenvalue weighted by Crippen LogP contribution is 2.19. The number of hydrogen-bond acceptors (Lipinski definition) is 3. The third kappa shape index (κ3) is 4.43. The van der Waals surface area contributed by atoms with Gasteiger partial charge in [-0.3, -0.25) is 4.79 Å². The van der Waals surface area contributed by atoms with Gasteiger partial charge in [0.05, 0.1) is 23.1 Å². The molecule has 5 nitrogen and oxygen atoms in total. The summed E-state index contributed by atoms with van der Waals surface area (Å²) in [6, 6.07) is 8.17. The zero-order valence-electron chi connectivity index (χ0n) is 14.5. The molecule has 2 aromatic rings. The van der Waals surface area contributed by atoms with Gasteiger partial charge in [0.1, 0.15) is 0 Å². The molecule has 1 aromatic heterocycles. The maximum Gasteiger partial charge on any atom is 0.255 e. The molecule has 136 valence electrons. The smallest absolute Gasteiger partial charge is 0.255 e. The minimum absolute atomic E-state index is 0. The van der Waals surface area contributed by atoms with Crippen LogP contribution in [-0.4, -0.2) is 34.8 Å². The van der Waals surface area contributed by atoms with Crippen molar-refractivity contribution < 1.29 is 4.79 Å². The summed E-state index contributed by atoms with van der Waals surface area (Å²) in [6.45, 7) is 6.12. The monoisotopic (exact) mass is 426 g/mol. The SMILES string of the molecule is CCc1c(C(=O)NC2CCNCC2C)cnn1-c1ccc(Br)cc1.Cl. The van der Waals surface area contributed by atoms with Crippen LogP contribution in [0.4, 0.5) is 0 Å². The third-order valence-electron chi connectivity index (χ3n) is 4.62. The lowest BCUT2D eigenvalue weighted by Crippen LogP contribution is -2.48. The number of nitrogens with zero attached hydrogens (tertiary/aromatic N) is 2. The first-order valence-corrected chi connectivity index (χ1v) is 9.24. The molecule has 0 bridgehead atoms. The fourth-order valence-corrected chi connectivity index (χ4v) is 3.45. The quantitative estimate of drug-likeness (QED) is 0.787. The summed E-state index contributed by atoms with van der Waals surface area (Å²) in [5, 5.41) is 11.0. The van der Waals surface area contributed by atoms with Crippen LogP contribution in [-0.2, 0) is 6.42 Å². The first kappa shape index (κ1) is 19.9. The topological polar surface area (TPSA) is 59.0 Å². The van der Waals surface area contributed by atoms with Gasteiger partial charge in [0.2, 0.25) is 0 Å². The molecule has 1 aliphatic rings. The molecule has 1 fully saturated rings. The molecule has 2 unspecified atom stereocenters. The lowest BCUT2D eigenvalue weighted by molar-refractivity contribution is 0.0913. The predicted octanol–water partition coefficient (Wildman–Crippen LogP) is 3.35. The van der Waals surface area contributed by atoms with Crippen molar-refractivity contribution in [1.29, 1.82) is 0 Å². The van der Waals surface area contributed by atoms with E-state index in [0.29, 0.717) is 11.5 Å². The molecule has 0 saturated carbocycles. The Morgan fingerprint density at radius 2 is 2.12 bits per heavy atom. The normalized spacial score (nSPS) is 20.0. The van der Waals surface area contributed by atoms with Crippen molar-refractivity contribution in [1.82, 2.24) is 20.4 Å². The van der Waals surface area contributed by atoms with Gasteiger partial charge in [-0.1, -0.05) is 29.8 Å². The molecule has 3 rings (SSSR count). The van der Waals surface area contributed by atoms with Crippen molar-refractivity contribution in [3.8, 4) is 5.69 Å². The first-order chi connectivity index (χ1) is 11.6. The van der Waals surface area contributed by atoms with Gasteiger partial charge in [-0.05, 0) is 56.1 Å². The minimum atomic E-state index is -0.0195. The number of hydrogen-bond donors (Lipinski definition) is 2. The van der Waals surface area contributed by atoms with E-state index in [1.165, 1.54) is 0 Å². The van der Waals surface area contributed by atoms with Gasteiger partial charge >= 0.3 is 0 Å². The number of piperidine rings is 1. The van der Waals surface area contributed by atoms with Crippen molar-refractivity contribution >= 4 is 34.2 Å². The van der Waals surface area contributed by atoms with Crippen molar-refractivity contribution in [2.24, 2.45) is 5.92 Å². The molecular formula is C18H24BrClN4O. The molecule has 2 heterocycles. The Morgan fingerprint density at radius 3 is 2.76 bits per heavy atom. The van der Waals surface area contributed by atoms with E-state index in [2.05, 4.69) is 45.5 Å². The second-order valence-corrected chi connectivity index (χ2v) is 7.21. The molecule has 25 heavy (non-hydrogen) atoms. The molecule has 7 heteroatoms. The van der Waals surface area contributed by atoms with Crippen LogP contribution in [0.2, 0.25) is 0 Å². The highest BCUT2D eigenvalue weighted by Gasteiger charge is 2.25. The van der Waals surface area contributed by atoms with Crippen LogP contribution >= 0.6 is 28.3 Å². The fraction of sp³-hybridized carbons (Fsp3) is 0.444. The summed E-state index contributed by atoms with van der Waals surface area (Å²) in [5.74, 6) is 0.420. The Morgan fingerprint density at radius 1 is 1.40 bits per heavy atom. The van der Waals surface area contributed by atoms with Gasteiger partial charge in [-0.15, -0.1) is 12.4 Å². The molecule has 0 aliphatic carbocycles. The predicted molar refractivity (Wildman–Crippen MR) is 106 cm³/mol. The Kier molecular flexibility index (Phi) is 7.04. The largest absolute Gasteiger partial charge is 0.349 e. The van der Waals surface area contributed by atoms with Crippen LogP contribution in [0, 0.1) is 5.92 Å². The summed E-state index contributed by atoms with van der Waals surface area (Å²) in [4.78, 5) is 12.7. The Hall–Kier alpha value is -1.37. The van der Waals surface area contributed by atoms with Crippen molar-refractivity contribution in [2.75, 3.05) is 13.1 Å². The van der Waals surface area contributed by atoms with Gasteiger partial charge in [0.15, 0.2) is 0 Å². The van der Waals surface area contributed by atoms with Crippen LogP contribution < -0.4 is 10.6 Å². The van der Waals surface area contributed by atoms with Crippen LogP contribution in [0.25, 0.3) is 5.69 Å². The maximum absolute atomic E-state index is 12.7. The van der Waals surface area contributed by atoms with E-state index >= 15 is 0 Å². The number of carbonyl (C=O) groups is 1. The number of amides is 1. The number of benzene rings is 1. The number of carbonyl (C=O) groups excluding carboxylic acids is 1. The summed E-state index contributed by atoms with van der Waals surface area (Å²) in [6.07, 6.45) is 3.40. The van der Waals surface area contributed by atoms with Crippen LogP contribution in [0.1, 0.15) is 36.3 Å². The Balaban J connectivity index is 0.00000225. The molecule has 0 spiro atoms. The standard InChI is InChI=1S/C18H23BrN4O.ClH/c1-3-17-15(18(24)22-16-8-9-20-10-12(16)2)11-21-23(17)14-6-4-13(19)5-7-14;/h4-7,11-12,16,20H,3,8-10H2,1-2H3,(H,22,24);1H. The Labute approximate surface area is 163 Å². The number of halogens is 2. The van der Waals surface area contributed by atoms with Crippen LogP contribution in [0.3, 0.4) is 0 Å². The molecule has 1 saturated heterocycles.